The third-order valence-corrected chi connectivity index (χ3v) is 1.57. The number of allylic oxidation sites excluding steroid dienone is 4. The molecule has 1 rings (SSSR count). The first-order chi connectivity index (χ1) is 4.34. The van der Waals surface area contributed by atoms with E-state index in [-0.39, 0.29) is 5.92 Å². The molecule has 0 radical (unpaired) electrons. The number of hydrogen-bond acceptors (Lipinski definition) is 1. The third kappa shape index (κ3) is 1.20. The summed E-state index contributed by atoms with van der Waals surface area (Å²) in [6.45, 7) is 2.00. The Hall–Kier alpha value is -1.03. The smallest absolute Gasteiger partial charge is 0.0707 e. The van der Waals surface area contributed by atoms with Gasteiger partial charge in [0.1, 0.15) is 0 Å². The van der Waals surface area contributed by atoms with Crippen LogP contribution in [0.3, 0.4) is 0 Å². The van der Waals surface area contributed by atoms with E-state index in [1.54, 1.807) is 0 Å². The molecule has 1 unspecified atom stereocenters. The molecule has 0 amide bonds. The topological polar surface area (TPSA) is 23.8 Å². The third-order valence-electron chi connectivity index (χ3n) is 1.57. The summed E-state index contributed by atoms with van der Waals surface area (Å²) in [6.07, 6.45) is 6.92. The molecule has 46 valence electrons. The molecule has 0 aromatic rings. The van der Waals surface area contributed by atoms with Crippen LogP contribution in [-0.2, 0) is 0 Å². The van der Waals surface area contributed by atoms with Gasteiger partial charge in [0.15, 0.2) is 0 Å². The van der Waals surface area contributed by atoms with E-state index >= 15 is 0 Å². The van der Waals surface area contributed by atoms with Crippen molar-refractivity contribution in [2.24, 2.45) is 5.92 Å². The lowest BCUT2D eigenvalue weighted by molar-refractivity contribution is 0.779. The Morgan fingerprint density at radius 1 is 1.78 bits per heavy atom. The number of hydrogen-bond donors (Lipinski definition) is 0. The lowest BCUT2D eigenvalue weighted by Crippen LogP contribution is -1.99. The second-order valence-corrected chi connectivity index (χ2v) is 2.26. The van der Waals surface area contributed by atoms with Crippen molar-refractivity contribution in [3.63, 3.8) is 0 Å². The van der Waals surface area contributed by atoms with Crippen molar-refractivity contribution in [1.82, 2.24) is 0 Å². The summed E-state index contributed by atoms with van der Waals surface area (Å²) in [6, 6.07) is 2.23. The SMILES string of the molecule is CC1=CC=CCC1C#N. The minimum atomic E-state index is 0.134. The van der Waals surface area contributed by atoms with Gasteiger partial charge in [-0.3, -0.25) is 0 Å². The first-order valence-electron chi connectivity index (χ1n) is 3.07. The van der Waals surface area contributed by atoms with Crippen LogP contribution in [0.25, 0.3) is 0 Å². The zero-order chi connectivity index (χ0) is 6.69. The predicted molar refractivity (Wildman–Crippen MR) is 36.6 cm³/mol. The Bertz CT molecular complexity index is 193. The standard InChI is InChI=1S/C8H9N/c1-7-4-2-3-5-8(7)6-9/h2-4,8H,5H2,1H3. The normalized spacial score (nSPS) is 24.9. The molecule has 1 aliphatic rings. The number of rotatable bonds is 0. The fourth-order valence-corrected chi connectivity index (χ4v) is 0.891. The van der Waals surface area contributed by atoms with E-state index in [2.05, 4.69) is 6.07 Å². The quantitative estimate of drug-likeness (QED) is 0.478. The predicted octanol–water partition coefficient (Wildman–Crippen LogP) is 2.03. The molecule has 0 saturated carbocycles. The summed E-state index contributed by atoms with van der Waals surface area (Å²) < 4.78 is 0. The van der Waals surface area contributed by atoms with E-state index < -0.39 is 0 Å². The number of nitriles is 1. The van der Waals surface area contributed by atoms with Gasteiger partial charge in [0.05, 0.1) is 12.0 Å². The van der Waals surface area contributed by atoms with Gasteiger partial charge in [-0.15, -0.1) is 0 Å². The second-order valence-electron chi connectivity index (χ2n) is 2.26. The molecule has 0 spiro atoms. The van der Waals surface area contributed by atoms with E-state index in [0.29, 0.717) is 0 Å². The highest BCUT2D eigenvalue weighted by atomic mass is 14.3. The molecular weight excluding hydrogens is 110 g/mol. The fraction of sp³-hybridized carbons (Fsp3) is 0.375. The van der Waals surface area contributed by atoms with Gasteiger partial charge in [-0.25, -0.2) is 0 Å². The molecule has 0 N–H and O–H groups in total. The molecule has 1 nitrogen and oxygen atoms in total. The van der Waals surface area contributed by atoms with Crippen molar-refractivity contribution in [3.8, 4) is 6.07 Å². The average molecular weight is 119 g/mol. The lowest BCUT2D eigenvalue weighted by Gasteiger charge is -2.08. The van der Waals surface area contributed by atoms with Crippen LogP contribution in [0.1, 0.15) is 13.3 Å². The first kappa shape index (κ1) is 6.10. The van der Waals surface area contributed by atoms with Crippen LogP contribution in [0, 0.1) is 17.2 Å². The molecule has 1 atom stereocenters. The van der Waals surface area contributed by atoms with Crippen LogP contribution in [0.5, 0.6) is 0 Å². The Labute approximate surface area is 55.3 Å². The molecule has 0 aromatic carbocycles. The fourth-order valence-electron chi connectivity index (χ4n) is 0.891. The molecule has 0 aromatic heterocycles. The lowest BCUT2D eigenvalue weighted by atomic mass is 9.94. The Kier molecular flexibility index (Phi) is 1.69. The molecule has 1 aliphatic carbocycles. The molecular formula is C8H9N. The largest absolute Gasteiger partial charge is 0.198 e. The monoisotopic (exact) mass is 119 g/mol. The van der Waals surface area contributed by atoms with Gasteiger partial charge in [-0.1, -0.05) is 23.8 Å². The average Bonchev–Trinajstić information content (AvgIpc) is 1.89. The van der Waals surface area contributed by atoms with Crippen molar-refractivity contribution in [2.75, 3.05) is 0 Å². The molecule has 0 fully saturated rings. The molecule has 0 saturated heterocycles. The van der Waals surface area contributed by atoms with Gasteiger partial charge in [0, 0.05) is 0 Å². The maximum absolute atomic E-state index is 8.54. The first-order valence-corrected chi connectivity index (χ1v) is 3.07. The van der Waals surface area contributed by atoms with E-state index in [1.807, 2.05) is 25.2 Å². The number of nitrogens with zero attached hydrogens (tertiary/aromatic N) is 1. The van der Waals surface area contributed by atoms with Crippen LogP contribution < -0.4 is 0 Å². The highest BCUT2D eigenvalue weighted by Crippen LogP contribution is 2.17. The summed E-state index contributed by atoms with van der Waals surface area (Å²) in [5, 5.41) is 8.54. The van der Waals surface area contributed by atoms with Gasteiger partial charge in [-0.2, -0.15) is 5.26 Å². The van der Waals surface area contributed by atoms with Gasteiger partial charge >= 0.3 is 0 Å². The van der Waals surface area contributed by atoms with Gasteiger partial charge in [0.25, 0.3) is 0 Å². The molecule has 9 heavy (non-hydrogen) atoms. The van der Waals surface area contributed by atoms with Crippen molar-refractivity contribution < 1.29 is 0 Å². The van der Waals surface area contributed by atoms with Crippen LogP contribution >= 0.6 is 0 Å². The van der Waals surface area contributed by atoms with Gasteiger partial charge in [0.2, 0.25) is 0 Å². The van der Waals surface area contributed by atoms with E-state index in [1.165, 1.54) is 5.57 Å². The summed E-state index contributed by atoms with van der Waals surface area (Å²) in [5.41, 5.74) is 1.18. The molecule has 1 heteroatoms. The Balaban J connectivity index is 2.73. The van der Waals surface area contributed by atoms with Crippen molar-refractivity contribution in [1.29, 1.82) is 5.26 Å². The zero-order valence-electron chi connectivity index (χ0n) is 5.46. The molecule has 0 bridgehead atoms. The maximum atomic E-state index is 8.54. The van der Waals surface area contributed by atoms with Crippen molar-refractivity contribution in [3.05, 3.63) is 23.8 Å². The molecule has 0 aliphatic heterocycles. The van der Waals surface area contributed by atoms with Crippen molar-refractivity contribution >= 4 is 0 Å². The molecule has 0 heterocycles. The van der Waals surface area contributed by atoms with Gasteiger partial charge in [-0.05, 0) is 13.3 Å². The summed E-state index contributed by atoms with van der Waals surface area (Å²) in [5.74, 6) is 0.134. The van der Waals surface area contributed by atoms with E-state index in [9.17, 15) is 0 Å². The van der Waals surface area contributed by atoms with E-state index in [4.69, 9.17) is 5.26 Å². The zero-order valence-corrected chi connectivity index (χ0v) is 5.46. The van der Waals surface area contributed by atoms with Crippen LogP contribution in [0.15, 0.2) is 23.8 Å². The summed E-state index contributed by atoms with van der Waals surface area (Å²) >= 11 is 0. The highest BCUT2D eigenvalue weighted by Gasteiger charge is 2.08. The van der Waals surface area contributed by atoms with Gasteiger partial charge < -0.3 is 0 Å². The highest BCUT2D eigenvalue weighted by molar-refractivity contribution is 5.23. The Morgan fingerprint density at radius 2 is 2.56 bits per heavy atom. The summed E-state index contributed by atoms with van der Waals surface area (Å²) in [4.78, 5) is 0. The minimum absolute atomic E-state index is 0.134. The summed E-state index contributed by atoms with van der Waals surface area (Å²) in [7, 11) is 0. The van der Waals surface area contributed by atoms with Crippen LogP contribution in [-0.4, -0.2) is 0 Å². The van der Waals surface area contributed by atoms with Crippen LogP contribution in [0.4, 0.5) is 0 Å². The Morgan fingerprint density at radius 3 is 3.00 bits per heavy atom. The second kappa shape index (κ2) is 2.50. The minimum Gasteiger partial charge on any atom is -0.198 e. The van der Waals surface area contributed by atoms with E-state index in [0.717, 1.165) is 6.42 Å². The van der Waals surface area contributed by atoms with Crippen LogP contribution in [0.2, 0.25) is 0 Å². The van der Waals surface area contributed by atoms with Crippen molar-refractivity contribution in [2.45, 2.75) is 13.3 Å². The maximum Gasteiger partial charge on any atom is 0.0707 e.